The molecular weight excluding hydrogens is 640 g/mol. The number of benzene rings is 3. The fourth-order valence-corrected chi connectivity index (χ4v) is 6.98. The number of rotatable bonds is 19. The molecule has 3 aromatic carbocycles. The Labute approximate surface area is 303 Å². The van der Waals surface area contributed by atoms with Gasteiger partial charge in [0.15, 0.2) is 0 Å². The summed E-state index contributed by atoms with van der Waals surface area (Å²) in [5, 5.41) is 16.9. The van der Waals surface area contributed by atoms with Gasteiger partial charge in [0.2, 0.25) is 5.91 Å². The van der Waals surface area contributed by atoms with Crippen LogP contribution in [0.2, 0.25) is 0 Å². The van der Waals surface area contributed by atoms with Crippen molar-refractivity contribution in [2.45, 2.75) is 69.9 Å². The summed E-state index contributed by atoms with van der Waals surface area (Å²) >= 11 is 0. The van der Waals surface area contributed by atoms with Crippen molar-refractivity contribution in [3.05, 3.63) is 84.4 Å². The molecule has 3 N–H and O–H groups in total. The molecule has 1 saturated heterocycles. The van der Waals surface area contributed by atoms with Crippen LogP contribution in [0.1, 0.15) is 68.1 Å². The highest BCUT2D eigenvalue weighted by Crippen LogP contribution is 2.34. The molecule has 1 aliphatic heterocycles. The van der Waals surface area contributed by atoms with Crippen LogP contribution < -0.4 is 15.5 Å². The maximum Gasteiger partial charge on any atom is 0.412 e. The van der Waals surface area contributed by atoms with E-state index in [0.717, 1.165) is 119 Å². The van der Waals surface area contributed by atoms with E-state index in [4.69, 9.17) is 0 Å². The molecule has 10 heteroatoms. The molecule has 1 heterocycles. The molecule has 0 radical (unpaired) electrons. The Morgan fingerprint density at radius 1 is 0.784 bits per heavy atom. The number of hydrogen-bond donors (Lipinski definition) is 3. The Morgan fingerprint density at radius 3 is 2.18 bits per heavy atom. The van der Waals surface area contributed by atoms with E-state index in [0.29, 0.717) is 19.0 Å². The van der Waals surface area contributed by atoms with Gasteiger partial charge in [0, 0.05) is 81.6 Å². The van der Waals surface area contributed by atoms with Crippen molar-refractivity contribution in [2.75, 3.05) is 70.1 Å². The van der Waals surface area contributed by atoms with E-state index in [-0.39, 0.29) is 17.9 Å². The van der Waals surface area contributed by atoms with Crippen molar-refractivity contribution in [2.24, 2.45) is 0 Å². The molecule has 5 rings (SSSR count). The van der Waals surface area contributed by atoms with Gasteiger partial charge in [-0.15, -0.1) is 0 Å². The minimum Gasteiger partial charge on any atom is -0.465 e. The predicted octanol–water partition coefficient (Wildman–Crippen LogP) is 6.65. The highest BCUT2D eigenvalue weighted by molar-refractivity contribution is 5.95. The third kappa shape index (κ3) is 11.0. The monoisotopic (exact) mass is 696 g/mol. The first kappa shape index (κ1) is 37.8. The summed E-state index contributed by atoms with van der Waals surface area (Å²) in [6, 6.07) is 25.8. The number of piperidine rings is 1. The van der Waals surface area contributed by atoms with Crippen molar-refractivity contribution < 1.29 is 19.5 Å². The number of likely N-dealkylation sites (tertiary alicyclic amines) is 1. The molecule has 274 valence electrons. The van der Waals surface area contributed by atoms with Crippen molar-refractivity contribution >= 4 is 29.3 Å². The van der Waals surface area contributed by atoms with Crippen molar-refractivity contribution in [3.63, 3.8) is 0 Å². The summed E-state index contributed by atoms with van der Waals surface area (Å²) in [5.41, 5.74) is 4.40. The number of amides is 3. The lowest BCUT2D eigenvalue weighted by atomic mass is 9.98. The molecule has 0 bridgehead atoms. The molecule has 2 fully saturated rings. The Balaban J connectivity index is 0.963. The van der Waals surface area contributed by atoms with Crippen LogP contribution in [-0.4, -0.2) is 110 Å². The first-order valence-electron chi connectivity index (χ1n) is 18.8. The molecule has 10 nitrogen and oxygen atoms in total. The molecular formula is C41H56N6O4. The summed E-state index contributed by atoms with van der Waals surface area (Å²) in [5.74, 6) is 0.293. The van der Waals surface area contributed by atoms with Crippen LogP contribution >= 0.6 is 0 Å². The van der Waals surface area contributed by atoms with Gasteiger partial charge in [-0.3, -0.25) is 14.5 Å². The number of nitrogens with zero attached hydrogens (tertiary/aromatic N) is 4. The highest BCUT2D eigenvalue weighted by Gasteiger charge is 2.33. The number of anilines is 2. The molecule has 1 aliphatic carbocycles. The zero-order chi connectivity index (χ0) is 36.0. The topological polar surface area (TPSA) is 108 Å². The van der Waals surface area contributed by atoms with E-state index in [2.05, 4.69) is 15.5 Å². The minimum absolute atomic E-state index is 0.0952. The zero-order valence-corrected chi connectivity index (χ0v) is 30.4. The molecule has 3 aromatic rings. The van der Waals surface area contributed by atoms with E-state index in [1.807, 2.05) is 103 Å². The first-order chi connectivity index (χ1) is 24.9. The van der Waals surface area contributed by atoms with E-state index >= 15 is 0 Å². The molecule has 51 heavy (non-hydrogen) atoms. The molecule has 3 amide bonds. The lowest BCUT2D eigenvalue weighted by molar-refractivity contribution is -0.130. The molecule has 0 unspecified atom stereocenters. The molecule has 0 spiro atoms. The second-order valence-corrected chi connectivity index (χ2v) is 13.9. The number of nitrogens with one attached hydrogen (secondary N) is 2. The fraction of sp³-hybridized carbons (Fsp3) is 0.488. The number of carboxylic acid groups (broad SMARTS) is 1. The van der Waals surface area contributed by atoms with Gasteiger partial charge >= 0.3 is 6.09 Å². The smallest absolute Gasteiger partial charge is 0.412 e. The third-order valence-corrected chi connectivity index (χ3v) is 10.2. The maximum atomic E-state index is 13.1. The maximum absolute atomic E-state index is 13.1. The van der Waals surface area contributed by atoms with E-state index < -0.39 is 6.09 Å². The average Bonchev–Trinajstić information content (AvgIpc) is 4.00. The molecule has 2 aliphatic rings. The number of unbranched alkanes of at least 4 members (excludes halogenated alkanes) is 2. The third-order valence-electron chi connectivity index (χ3n) is 10.2. The standard InChI is InChI=1S/C41H56N6O4/c1-42-25-11-27-46(35-21-22-35)40(49)33-17-19-34(20-18-33)43-26-10-4-7-16-39(48)44(2)30-31-45-28-23-36(24-29-45)47(41(50)51)38-15-9-8-14-37(38)32-12-5-3-6-13-32/h3,5-6,8-9,12-15,17-20,35-36,42-43H,4,7,10-11,16,21-31H2,1-2H3,(H,50,51). The van der Waals surface area contributed by atoms with E-state index in [1.54, 1.807) is 4.90 Å². The summed E-state index contributed by atoms with van der Waals surface area (Å²) in [6.07, 6.45) is 7.07. The van der Waals surface area contributed by atoms with Crippen LogP contribution in [0.4, 0.5) is 16.2 Å². The predicted molar refractivity (Wildman–Crippen MR) is 205 cm³/mol. The first-order valence-corrected chi connectivity index (χ1v) is 18.8. The van der Waals surface area contributed by atoms with Crippen molar-refractivity contribution in [3.8, 4) is 11.1 Å². The van der Waals surface area contributed by atoms with Crippen LogP contribution in [0, 0.1) is 0 Å². The lowest BCUT2D eigenvalue weighted by Crippen LogP contribution is -2.48. The van der Waals surface area contributed by atoms with Crippen LogP contribution in [0.3, 0.4) is 0 Å². The van der Waals surface area contributed by atoms with Gasteiger partial charge in [-0.05, 0) is 94.4 Å². The van der Waals surface area contributed by atoms with Gasteiger partial charge in [-0.25, -0.2) is 4.79 Å². The zero-order valence-electron chi connectivity index (χ0n) is 30.4. The fourth-order valence-electron chi connectivity index (χ4n) is 6.98. The molecule has 0 atom stereocenters. The van der Waals surface area contributed by atoms with E-state index in [9.17, 15) is 19.5 Å². The van der Waals surface area contributed by atoms with Crippen LogP contribution in [-0.2, 0) is 4.79 Å². The van der Waals surface area contributed by atoms with Gasteiger partial charge < -0.3 is 30.4 Å². The summed E-state index contributed by atoms with van der Waals surface area (Å²) < 4.78 is 0. The highest BCUT2D eigenvalue weighted by atomic mass is 16.4. The number of hydrogen-bond acceptors (Lipinski definition) is 6. The second-order valence-electron chi connectivity index (χ2n) is 13.9. The second kappa shape index (κ2) is 19.3. The summed E-state index contributed by atoms with van der Waals surface area (Å²) in [4.78, 5) is 46.2. The Hall–Kier alpha value is -4.41. The number of carbonyl (C=O) groups is 3. The Morgan fingerprint density at radius 2 is 1.49 bits per heavy atom. The SMILES string of the molecule is CNCCCN(C(=O)c1ccc(NCCCCCC(=O)N(C)CCN2CCC(N(C(=O)O)c3ccccc3-c3ccccc3)CC2)cc1)C1CC1. The lowest BCUT2D eigenvalue weighted by Gasteiger charge is -2.38. The van der Waals surface area contributed by atoms with Gasteiger partial charge in [0.1, 0.15) is 0 Å². The number of carbonyl (C=O) groups excluding carboxylic acids is 2. The van der Waals surface area contributed by atoms with Crippen LogP contribution in [0.25, 0.3) is 11.1 Å². The van der Waals surface area contributed by atoms with Crippen LogP contribution in [0.5, 0.6) is 0 Å². The normalized spacial score (nSPS) is 14.9. The Kier molecular flexibility index (Phi) is 14.3. The van der Waals surface area contributed by atoms with Gasteiger partial charge in [-0.2, -0.15) is 0 Å². The average molecular weight is 697 g/mol. The van der Waals surface area contributed by atoms with Crippen molar-refractivity contribution in [1.29, 1.82) is 0 Å². The number of likely N-dealkylation sites (N-methyl/N-ethyl adjacent to an activating group) is 1. The largest absolute Gasteiger partial charge is 0.465 e. The summed E-state index contributed by atoms with van der Waals surface area (Å²) in [7, 11) is 3.82. The minimum atomic E-state index is -0.924. The molecule has 0 aromatic heterocycles. The number of para-hydroxylation sites is 1. The van der Waals surface area contributed by atoms with Gasteiger partial charge in [-0.1, -0.05) is 55.0 Å². The Bertz CT molecular complexity index is 1540. The van der Waals surface area contributed by atoms with Crippen molar-refractivity contribution in [1.82, 2.24) is 20.0 Å². The van der Waals surface area contributed by atoms with Crippen LogP contribution in [0.15, 0.2) is 78.9 Å². The van der Waals surface area contributed by atoms with Gasteiger partial charge in [0.25, 0.3) is 5.91 Å². The van der Waals surface area contributed by atoms with E-state index in [1.165, 1.54) is 0 Å². The quantitative estimate of drug-likeness (QED) is 0.121. The molecule has 1 saturated carbocycles. The summed E-state index contributed by atoms with van der Waals surface area (Å²) in [6.45, 7) is 5.57. The van der Waals surface area contributed by atoms with Gasteiger partial charge in [0.05, 0.1) is 5.69 Å².